The van der Waals surface area contributed by atoms with Crippen LogP contribution in [0.25, 0.3) is 0 Å². The number of carbonyl (C=O) groups is 2. The molecule has 33 heavy (non-hydrogen) atoms. The van der Waals surface area contributed by atoms with Crippen molar-refractivity contribution in [2.24, 2.45) is 0 Å². The van der Waals surface area contributed by atoms with Crippen LogP contribution in [0.15, 0.2) is 95.9 Å². The number of thioether (sulfide) groups is 1. The second kappa shape index (κ2) is 11.6. The normalized spacial score (nSPS) is 12.9. The number of benzene rings is 3. The van der Waals surface area contributed by atoms with Crippen molar-refractivity contribution in [2.75, 3.05) is 0 Å². The van der Waals surface area contributed by atoms with Gasteiger partial charge in [-0.3, -0.25) is 4.79 Å². The van der Waals surface area contributed by atoms with E-state index in [-0.39, 0.29) is 6.61 Å². The van der Waals surface area contributed by atoms with Gasteiger partial charge in [-0.1, -0.05) is 78.9 Å². The van der Waals surface area contributed by atoms with Crippen LogP contribution in [0.3, 0.4) is 0 Å². The third-order valence-electron chi connectivity index (χ3n) is 4.60. The van der Waals surface area contributed by atoms with E-state index in [0.29, 0.717) is 0 Å². The summed E-state index contributed by atoms with van der Waals surface area (Å²) in [6.07, 6.45) is -0.592. The fourth-order valence-corrected chi connectivity index (χ4v) is 4.27. The van der Waals surface area contributed by atoms with E-state index in [1.54, 1.807) is 20.8 Å². The Balaban J connectivity index is 1.89. The van der Waals surface area contributed by atoms with Crippen LogP contribution in [0.1, 0.15) is 37.9 Å². The van der Waals surface area contributed by atoms with E-state index >= 15 is 0 Å². The second-order valence-electron chi connectivity index (χ2n) is 8.48. The molecule has 0 aliphatic carbocycles. The van der Waals surface area contributed by atoms with Gasteiger partial charge in [0.2, 0.25) is 0 Å². The third kappa shape index (κ3) is 7.99. The molecular weight excluding hydrogens is 434 g/mol. The number of alkyl carbamates (subject to hydrolysis) is 1. The molecule has 1 N–H and O–H groups in total. The van der Waals surface area contributed by atoms with Crippen LogP contribution in [0.2, 0.25) is 0 Å². The highest BCUT2D eigenvalue weighted by Crippen LogP contribution is 2.34. The maximum Gasteiger partial charge on any atom is 0.408 e. The van der Waals surface area contributed by atoms with Gasteiger partial charge in [0, 0.05) is 4.90 Å². The lowest BCUT2D eigenvalue weighted by Crippen LogP contribution is -2.42. The number of rotatable bonds is 8. The Morgan fingerprint density at radius 3 is 1.97 bits per heavy atom. The van der Waals surface area contributed by atoms with Crippen molar-refractivity contribution >= 4 is 23.8 Å². The number of hydrogen-bond donors (Lipinski definition) is 1. The molecule has 0 saturated carbocycles. The van der Waals surface area contributed by atoms with E-state index < -0.39 is 29.0 Å². The van der Waals surface area contributed by atoms with Gasteiger partial charge in [0.1, 0.15) is 17.5 Å². The van der Waals surface area contributed by atoms with Gasteiger partial charge in [0.15, 0.2) is 0 Å². The molecule has 3 rings (SSSR count). The first-order chi connectivity index (χ1) is 15.8. The van der Waals surface area contributed by atoms with Crippen LogP contribution in [0.4, 0.5) is 4.79 Å². The first-order valence-electron chi connectivity index (χ1n) is 10.8. The summed E-state index contributed by atoms with van der Waals surface area (Å²) in [5.41, 5.74) is 1.01. The first kappa shape index (κ1) is 24.4. The lowest BCUT2D eigenvalue weighted by Gasteiger charge is -2.28. The smallest absolute Gasteiger partial charge is 0.408 e. The summed E-state index contributed by atoms with van der Waals surface area (Å²) in [4.78, 5) is 27.0. The van der Waals surface area contributed by atoms with Crippen molar-refractivity contribution in [1.29, 1.82) is 0 Å². The summed E-state index contributed by atoms with van der Waals surface area (Å²) in [5, 5.41) is 2.18. The minimum absolute atomic E-state index is 0.152. The standard InChI is InChI=1S/C27H29NO4S/c1-27(2,3)32-26(30)28-23(21-15-9-5-10-16-21)24(33-22-17-11-6-12-18-22)25(29)31-19-20-13-7-4-8-14-20/h4-18,23-24H,19H2,1-3H3,(H,28,30)/t23-,24+/m1/s1. The molecule has 2 atom stereocenters. The molecule has 0 aromatic heterocycles. The zero-order chi connectivity index (χ0) is 23.7. The number of amides is 1. The fraction of sp³-hybridized carbons (Fsp3) is 0.259. The molecule has 0 aliphatic heterocycles. The van der Waals surface area contributed by atoms with E-state index in [4.69, 9.17) is 9.47 Å². The van der Waals surface area contributed by atoms with Gasteiger partial charge in [0.05, 0.1) is 6.04 Å². The van der Waals surface area contributed by atoms with E-state index in [1.165, 1.54) is 11.8 Å². The van der Waals surface area contributed by atoms with Crippen LogP contribution in [-0.4, -0.2) is 22.9 Å². The highest BCUT2D eigenvalue weighted by Gasteiger charge is 2.34. The topological polar surface area (TPSA) is 64.6 Å². The average Bonchev–Trinajstić information content (AvgIpc) is 2.80. The molecule has 0 fully saturated rings. The van der Waals surface area contributed by atoms with Crippen molar-refractivity contribution in [3.8, 4) is 0 Å². The van der Waals surface area contributed by atoms with Crippen molar-refractivity contribution in [1.82, 2.24) is 5.32 Å². The Morgan fingerprint density at radius 1 is 0.848 bits per heavy atom. The Morgan fingerprint density at radius 2 is 1.39 bits per heavy atom. The Kier molecular flexibility index (Phi) is 8.55. The SMILES string of the molecule is CC(C)(C)OC(=O)N[C@H](c1ccccc1)[C@H](Sc1ccccc1)C(=O)OCc1ccccc1. The van der Waals surface area contributed by atoms with E-state index in [1.807, 2.05) is 91.0 Å². The van der Waals surface area contributed by atoms with Crippen LogP contribution in [-0.2, 0) is 20.9 Å². The molecule has 5 nitrogen and oxygen atoms in total. The predicted molar refractivity (Wildman–Crippen MR) is 131 cm³/mol. The molecule has 3 aromatic carbocycles. The highest BCUT2D eigenvalue weighted by atomic mass is 32.2. The van der Waals surface area contributed by atoms with Crippen LogP contribution >= 0.6 is 11.8 Å². The summed E-state index contributed by atoms with van der Waals surface area (Å²) < 4.78 is 11.2. The van der Waals surface area contributed by atoms with Crippen LogP contribution in [0, 0.1) is 0 Å². The second-order valence-corrected chi connectivity index (χ2v) is 9.69. The summed E-state index contributed by atoms with van der Waals surface area (Å²) in [7, 11) is 0. The molecular formula is C27H29NO4S. The Bertz CT molecular complexity index is 1020. The molecule has 0 spiro atoms. The molecule has 0 saturated heterocycles. The number of hydrogen-bond acceptors (Lipinski definition) is 5. The molecule has 0 heterocycles. The summed E-state index contributed by atoms with van der Waals surface area (Å²) in [5.74, 6) is -0.419. The lowest BCUT2D eigenvalue weighted by atomic mass is 10.0. The van der Waals surface area contributed by atoms with Crippen molar-refractivity contribution in [3.63, 3.8) is 0 Å². The van der Waals surface area contributed by atoms with E-state index in [9.17, 15) is 9.59 Å². The molecule has 172 valence electrons. The molecule has 0 unspecified atom stereocenters. The van der Waals surface area contributed by atoms with Gasteiger partial charge >= 0.3 is 12.1 Å². The lowest BCUT2D eigenvalue weighted by molar-refractivity contribution is -0.144. The number of nitrogens with one attached hydrogen (secondary N) is 1. The highest BCUT2D eigenvalue weighted by molar-refractivity contribution is 8.00. The van der Waals surface area contributed by atoms with Crippen molar-refractivity contribution < 1.29 is 19.1 Å². The minimum atomic E-state index is -0.731. The molecule has 3 aromatic rings. The monoisotopic (exact) mass is 463 g/mol. The van der Waals surface area contributed by atoms with Crippen molar-refractivity contribution in [2.45, 2.75) is 49.2 Å². The molecule has 0 bridgehead atoms. The largest absolute Gasteiger partial charge is 0.460 e. The zero-order valence-corrected chi connectivity index (χ0v) is 19.9. The van der Waals surface area contributed by atoms with Crippen LogP contribution < -0.4 is 5.32 Å². The van der Waals surface area contributed by atoms with E-state index in [0.717, 1.165) is 16.0 Å². The maximum absolute atomic E-state index is 13.4. The summed E-state index contributed by atoms with van der Waals surface area (Å²) in [6, 6.07) is 27.8. The third-order valence-corrected chi connectivity index (χ3v) is 5.86. The average molecular weight is 464 g/mol. The predicted octanol–water partition coefficient (Wildman–Crippen LogP) is 6.16. The quantitative estimate of drug-likeness (QED) is 0.320. The van der Waals surface area contributed by atoms with Gasteiger partial charge in [-0.05, 0) is 44.0 Å². The van der Waals surface area contributed by atoms with Gasteiger partial charge < -0.3 is 14.8 Å². The minimum Gasteiger partial charge on any atom is -0.460 e. The van der Waals surface area contributed by atoms with Crippen LogP contribution in [0.5, 0.6) is 0 Å². The molecule has 6 heteroatoms. The van der Waals surface area contributed by atoms with Gasteiger partial charge in [0.25, 0.3) is 0 Å². The molecule has 0 radical (unpaired) electrons. The van der Waals surface area contributed by atoms with Gasteiger partial charge in [-0.15, -0.1) is 11.8 Å². The summed E-state index contributed by atoms with van der Waals surface area (Å²) in [6.45, 7) is 5.55. The van der Waals surface area contributed by atoms with Gasteiger partial charge in [-0.25, -0.2) is 4.79 Å². The number of esters is 1. The fourth-order valence-electron chi connectivity index (χ4n) is 3.14. The van der Waals surface area contributed by atoms with Crippen molar-refractivity contribution in [3.05, 3.63) is 102 Å². The molecule has 1 amide bonds. The summed E-state index contributed by atoms with van der Waals surface area (Å²) >= 11 is 1.35. The first-order valence-corrected chi connectivity index (χ1v) is 11.7. The van der Waals surface area contributed by atoms with E-state index in [2.05, 4.69) is 5.32 Å². The maximum atomic E-state index is 13.4. The molecule has 0 aliphatic rings. The Hall–Kier alpha value is -3.25. The Labute approximate surface area is 199 Å². The number of ether oxygens (including phenoxy) is 2. The zero-order valence-electron chi connectivity index (χ0n) is 19.1. The number of carbonyl (C=O) groups excluding carboxylic acids is 2. The van der Waals surface area contributed by atoms with Gasteiger partial charge in [-0.2, -0.15) is 0 Å².